The number of aromatic nitrogens is 4. The third-order valence-corrected chi connectivity index (χ3v) is 7.90. The van der Waals surface area contributed by atoms with Crippen molar-refractivity contribution in [3.63, 3.8) is 0 Å². The molecule has 11 heteroatoms. The molecule has 1 aromatic carbocycles. The smallest absolute Gasteiger partial charge is 0.410 e. The van der Waals surface area contributed by atoms with E-state index in [1.165, 1.54) is 4.90 Å². The van der Waals surface area contributed by atoms with Gasteiger partial charge in [-0.05, 0) is 57.4 Å². The van der Waals surface area contributed by atoms with Crippen molar-refractivity contribution in [2.24, 2.45) is 0 Å². The van der Waals surface area contributed by atoms with Crippen LogP contribution in [0.1, 0.15) is 44.2 Å². The number of halogens is 1. The summed E-state index contributed by atoms with van der Waals surface area (Å²) in [6.07, 6.45) is 0.645. The topological polar surface area (TPSA) is 85.6 Å². The molecule has 0 bridgehead atoms. The summed E-state index contributed by atoms with van der Waals surface area (Å²) in [6.45, 7) is 9.71. The number of carbonyl (C=O) groups is 1. The van der Waals surface area contributed by atoms with Crippen molar-refractivity contribution >= 4 is 34.6 Å². The number of thioether (sulfide) groups is 1. The van der Waals surface area contributed by atoms with Gasteiger partial charge in [-0.3, -0.25) is 0 Å². The van der Waals surface area contributed by atoms with E-state index in [0.29, 0.717) is 18.8 Å². The van der Waals surface area contributed by atoms with Crippen molar-refractivity contribution in [1.29, 1.82) is 0 Å². The minimum absolute atomic E-state index is 0.0108. The van der Waals surface area contributed by atoms with E-state index in [1.807, 2.05) is 57.7 Å². The first-order chi connectivity index (χ1) is 18.1. The van der Waals surface area contributed by atoms with Crippen LogP contribution >= 0.6 is 11.8 Å². The molecule has 38 heavy (non-hydrogen) atoms. The number of ether oxygens (including phenoxy) is 2. The first-order valence-corrected chi connectivity index (χ1v) is 14.1. The molecule has 2 unspecified atom stereocenters. The molecule has 2 aromatic heterocycles. The number of nitrogens with zero attached hydrogens (tertiary/aromatic N) is 6. The van der Waals surface area contributed by atoms with Gasteiger partial charge in [0.2, 0.25) is 0 Å². The molecule has 5 rings (SSSR count). The molecule has 2 saturated heterocycles. The molecule has 2 aliphatic rings. The van der Waals surface area contributed by atoms with Crippen molar-refractivity contribution in [2.45, 2.75) is 51.8 Å². The number of benzene rings is 1. The minimum Gasteiger partial charge on any atom is -0.467 e. The lowest BCUT2D eigenvalue weighted by Crippen LogP contribution is -2.46. The summed E-state index contributed by atoms with van der Waals surface area (Å²) < 4.78 is 28.2. The lowest BCUT2D eigenvalue weighted by atomic mass is 9.85. The van der Waals surface area contributed by atoms with Gasteiger partial charge in [0.1, 0.15) is 17.6 Å². The van der Waals surface area contributed by atoms with Crippen LogP contribution in [-0.2, 0) is 4.74 Å². The van der Waals surface area contributed by atoms with Gasteiger partial charge in [0.05, 0.1) is 25.4 Å². The Balaban J connectivity index is 1.45. The number of aryl methyl sites for hydroxylation is 1. The normalized spacial score (nSPS) is 20.6. The summed E-state index contributed by atoms with van der Waals surface area (Å²) in [5.41, 5.74) is 2.15. The average molecular weight is 543 g/mol. The van der Waals surface area contributed by atoms with E-state index < -0.39 is 17.9 Å². The Hall–Kier alpha value is -3.08. The Labute approximate surface area is 226 Å². The summed E-state index contributed by atoms with van der Waals surface area (Å²) in [6, 6.07) is 6.28. The van der Waals surface area contributed by atoms with E-state index in [9.17, 15) is 4.79 Å². The predicted octanol–water partition coefficient (Wildman–Crippen LogP) is 4.75. The number of alkyl halides is 1. The summed E-state index contributed by atoms with van der Waals surface area (Å²) in [7, 11) is 1.56. The van der Waals surface area contributed by atoms with E-state index in [-0.39, 0.29) is 18.5 Å². The first kappa shape index (κ1) is 26.5. The standard InChI is InChI=1S/C27H35FN6O3S/c1-17-12-18-15-29-34(24-14-23(30-25(31-24)36-5)32-8-10-38-11-9-32)22(18)13-20(17)19-6-7-33(16-21(19)28)26(35)37-27(2,3)4/h12-15,19,21H,6-11,16H2,1-5H3. The zero-order valence-electron chi connectivity index (χ0n) is 22.6. The van der Waals surface area contributed by atoms with Crippen molar-refractivity contribution in [3.8, 4) is 11.8 Å². The number of hydrogen-bond acceptors (Lipinski definition) is 8. The second-order valence-corrected chi connectivity index (χ2v) is 12.1. The Bertz CT molecular complexity index is 1320. The summed E-state index contributed by atoms with van der Waals surface area (Å²) in [5, 5.41) is 5.57. The Morgan fingerprint density at radius 1 is 1.11 bits per heavy atom. The fourth-order valence-electron chi connectivity index (χ4n) is 5.09. The number of carbonyl (C=O) groups excluding carboxylic acids is 1. The molecule has 2 fully saturated rings. The summed E-state index contributed by atoms with van der Waals surface area (Å²) in [4.78, 5) is 25.4. The molecule has 204 valence electrons. The van der Waals surface area contributed by atoms with Gasteiger partial charge < -0.3 is 19.3 Å². The van der Waals surface area contributed by atoms with Crippen LogP contribution in [0.15, 0.2) is 24.4 Å². The molecule has 0 saturated carbocycles. The Morgan fingerprint density at radius 3 is 2.53 bits per heavy atom. The molecule has 3 aromatic rings. The molecule has 2 aliphatic heterocycles. The number of hydrogen-bond donors (Lipinski definition) is 0. The average Bonchev–Trinajstić information content (AvgIpc) is 3.30. The number of methoxy groups -OCH3 is 1. The van der Waals surface area contributed by atoms with Crippen LogP contribution in [0.3, 0.4) is 0 Å². The van der Waals surface area contributed by atoms with E-state index >= 15 is 4.39 Å². The number of likely N-dealkylation sites (tertiary alicyclic amines) is 1. The van der Waals surface area contributed by atoms with Gasteiger partial charge in [0.15, 0.2) is 5.82 Å². The van der Waals surface area contributed by atoms with Crippen LogP contribution in [0.2, 0.25) is 0 Å². The lowest BCUT2D eigenvalue weighted by Gasteiger charge is -2.36. The summed E-state index contributed by atoms with van der Waals surface area (Å²) >= 11 is 1.93. The Kier molecular flexibility index (Phi) is 7.39. The third-order valence-electron chi connectivity index (χ3n) is 6.96. The minimum atomic E-state index is -1.20. The van der Waals surface area contributed by atoms with Crippen LogP contribution in [-0.4, -0.2) is 87.3 Å². The second kappa shape index (κ2) is 10.6. The van der Waals surface area contributed by atoms with Gasteiger partial charge >= 0.3 is 12.1 Å². The quantitative estimate of drug-likeness (QED) is 0.467. The molecular weight excluding hydrogens is 507 g/mol. The van der Waals surface area contributed by atoms with Crippen LogP contribution in [0.4, 0.5) is 15.0 Å². The van der Waals surface area contributed by atoms with Crippen molar-refractivity contribution in [1.82, 2.24) is 24.6 Å². The number of anilines is 1. The number of amides is 1. The molecule has 1 amide bonds. The molecule has 2 atom stereocenters. The number of fused-ring (bicyclic) bond motifs is 1. The molecule has 0 radical (unpaired) electrons. The van der Waals surface area contributed by atoms with Crippen LogP contribution in [0, 0.1) is 6.92 Å². The highest BCUT2D eigenvalue weighted by Crippen LogP contribution is 2.36. The van der Waals surface area contributed by atoms with Gasteiger partial charge in [0.25, 0.3) is 0 Å². The Morgan fingerprint density at radius 2 is 1.84 bits per heavy atom. The summed E-state index contributed by atoms with van der Waals surface area (Å²) in [5.74, 6) is 3.17. The molecule has 0 aliphatic carbocycles. The molecule has 0 spiro atoms. The van der Waals surface area contributed by atoms with Gasteiger partial charge in [-0.15, -0.1) is 0 Å². The molecule has 0 N–H and O–H groups in total. The molecule has 4 heterocycles. The molecule has 9 nitrogen and oxygen atoms in total. The fourth-order valence-corrected chi connectivity index (χ4v) is 5.99. The number of rotatable bonds is 4. The highest BCUT2D eigenvalue weighted by Gasteiger charge is 2.35. The molecular formula is C27H35FN6O3S. The van der Waals surface area contributed by atoms with Crippen molar-refractivity contribution in [3.05, 3.63) is 35.5 Å². The van der Waals surface area contributed by atoms with Crippen LogP contribution in [0.25, 0.3) is 16.7 Å². The fraction of sp³-hybridized carbons (Fsp3) is 0.556. The second-order valence-electron chi connectivity index (χ2n) is 10.8. The van der Waals surface area contributed by atoms with Crippen LogP contribution < -0.4 is 9.64 Å². The largest absolute Gasteiger partial charge is 0.467 e. The SMILES string of the molecule is COc1nc(N2CCSCC2)cc(-n2ncc3cc(C)c(C4CCN(C(=O)OC(C)(C)C)CC4F)cc32)n1. The van der Waals surface area contributed by atoms with E-state index in [1.54, 1.807) is 18.0 Å². The lowest BCUT2D eigenvalue weighted by molar-refractivity contribution is 0.0111. The highest BCUT2D eigenvalue weighted by molar-refractivity contribution is 7.99. The maximum absolute atomic E-state index is 15.5. The van der Waals surface area contributed by atoms with E-state index in [2.05, 4.69) is 20.0 Å². The van der Waals surface area contributed by atoms with Crippen molar-refractivity contribution < 1.29 is 18.7 Å². The first-order valence-electron chi connectivity index (χ1n) is 13.0. The maximum atomic E-state index is 15.5. The van der Waals surface area contributed by atoms with E-state index in [0.717, 1.165) is 52.4 Å². The van der Waals surface area contributed by atoms with Gasteiger partial charge in [-0.2, -0.15) is 26.8 Å². The van der Waals surface area contributed by atoms with Crippen molar-refractivity contribution in [2.75, 3.05) is 49.7 Å². The number of piperidine rings is 1. The maximum Gasteiger partial charge on any atom is 0.410 e. The van der Waals surface area contributed by atoms with Crippen LogP contribution in [0.5, 0.6) is 6.01 Å². The van der Waals surface area contributed by atoms with E-state index in [4.69, 9.17) is 9.47 Å². The third kappa shape index (κ3) is 5.52. The predicted molar refractivity (Wildman–Crippen MR) is 148 cm³/mol. The van der Waals surface area contributed by atoms with Gasteiger partial charge in [-0.25, -0.2) is 13.9 Å². The monoisotopic (exact) mass is 542 g/mol. The van der Waals surface area contributed by atoms with Gasteiger partial charge in [-0.1, -0.05) is 0 Å². The highest BCUT2D eigenvalue weighted by atomic mass is 32.2. The zero-order valence-corrected chi connectivity index (χ0v) is 23.4. The van der Waals surface area contributed by atoms with Gasteiger partial charge in [0, 0.05) is 48.5 Å². The zero-order chi connectivity index (χ0) is 27.0.